The molecule has 3 aromatic rings. The van der Waals surface area contributed by atoms with Crippen LogP contribution in [-0.4, -0.2) is 33.7 Å². The Hall–Kier alpha value is -2.73. The summed E-state index contributed by atoms with van der Waals surface area (Å²) in [6.45, 7) is 4.16. The zero-order valence-corrected chi connectivity index (χ0v) is 14.1. The van der Waals surface area contributed by atoms with Crippen molar-refractivity contribution in [1.29, 1.82) is 0 Å². The van der Waals surface area contributed by atoms with Crippen LogP contribution in [-0.2, 0) is 24.3 Å². The third-order valence-electron chi connectivity index (χ3n) is 4.87. The highest BCUT2D eigenvalue weighted by molar-refractivity contribution is 5.81. The highest BCUT2D eigenvalue weighted by atomic mass is 16.6. The van der Waals surface area contributed by atoms with E-state index in [0.717, 1.165) is 30.6 Å². The number of benzene rings is 2. The van der Waals surface area contributed by atoms with Gasteiger partial charge < -0.3 is 5.32 Å². The Labute approximate surface area is 145 Å². The Morgan fingerprint density at radius 2 is 2.00 bits per heavy atom. The van der Waals surface area contributed by atoms with Crippen LogP contribution in [0.25, 0.3) is 11.0 Å². The van der Waals surface area contributed by atoms with Gasteiger partial charge in [-0.3, -0.25) is 9.69 Å². The molecule has 0 bridgehead atoms. The summed E-state index contributed by atoms with van der Waals surface area (Å²) in [6.07, 6.45) is 0.990. The fraction of sp³-hybridized carbons (Fsp3) is 0.316. The van der Waals surface area contributed by atoms with E-state index in [1.807, 2.05) is 25.1 Å². The van der Waals surface area contributed by atoms with Crippen LogP contribution >= 0.6 is 0 Å². The molecule has 1 atom stereocenters. The first-order valence-corrected chi connectivity index (χ1v) is 8.50. The largest absolute Gasteiger partial charge is 0.351 e. The first-order valence-electron chi connectivity index (χ1n) is 8.50. The number of nitrogens with zero attached hydrogens (tertiary/aromatic N) is 3. The minimum absolute atomic E-state index is 0.0396. The van der Waals surface area contributed by atoms with Crippen molar-refractivity contribution < 1.29 is 9.42 Å². The molecule has 0 saturated heterocycles. The Balaban J connectivity index is 1.37. The van der Waals surface area contributed by atoms with Gasteiger partial charge in [0.1, 0.15) is 11.0 Å². The molecule has 0 aliphatic carbocycles. The molecule has 1 N–H and O–H groups in total. The molecule has 4 rings (SSSR count). The lowest BCUT2D eigenvalue weighted by Crippen LogP contribution is -2.46. The number of carbonyl (C=O) groups excluding carboxylic acids is 1. The van der Waals surface area contributed by atoms with Crippen LogP contribution in [0.2, 0.25) is 0 Å². The lowest BCUT2D eigenvalue weighted by atomic mass is 9.99. The van der Waals surface area contributed by atoms with E-state index in [9.17, 15) is 4.79 Å². The van der Waals surface area contributed by atoms with Gasteiger partial charge in [-0.05, 0) is 52.5 Å². The summed E-state index contributed by atoms with van der Waals surface area (Å²) in [5.74, 6) is 0.0396. The average Bonchev–Trinajstić information content (AvgIpc) is 3.13. The third-order valence-corrected chi connectivity index (χ3v) is 4.87. The van der Waals surface area contributed by atoms with Gasteiger partial charge in [-0.25, -0.2) is 4.63 Å². The molecule has 1 aliphatic rings. The summed E-state index contributed by atoms with van der Waals surface area (Å²) < 4.78 is 4.70. The van der Waals surface area contributed by atoms with E-state index < -0.39 is 0 Å². The van der Waals surface area contributed by atoms with E-state index in [1.54, 1.807) is 0 Å². The van der Waals surface area contributed by atoms with E-state index >= 15 is 0 Å². The Morgan fingerprint density at radius 1 is 1.20 bits per heavy atom. The van der Waals surface area contributed by atoms with Gasteiger partial charge >= 0.3 is 0 Å². The van der Waals surface area contributed by atoms with Crippen molar-refractivity contribution in [3.8, 4) is 0 Å². The number of rotatable bonds is 4. The van der Waals surface area contributed by atoms with Gasteiger partial charge in [-0.1, -0.05) is 30.3 Å². The van der Waals surface area contributed by atoms with Gasteiger partial charge in [0.15, 0.2) is 0 Å². The number of hydrogen-bond acceptors (Lipinski definition) is 5. The minimum Gasteiger partial charge on any atom is -0.351 e. The molecular weight excluding hydrogens is 316 g/mol. The predicted molar refractivity (Wildman–Crippen MR) is 93.7 cm³/mol. The number of nitrogens with one attached hydrogen (secondary N) is 1. The molecule has 1 aliphatic heterocycles. The molecule has 0 spiro atoms. The number of aromatic nitrogens is 2. The second-order valence-corrected chi connectivity index (χ2v) is 6.47. The monoisotopic (exact) mass is 336 g/mol. The lowest BCUT2D eigenvalue weighted by molar-refractivity contribution is -0.126. The molecule has 2 heterocycles. The third kappa shape index (κ3) is 3.25. The minimum atomic E-state index is -0.161. The Bertz CT molecular complexity index is 905. The van der Waals surface area contributed by atoms with E-state index in [-0.39, 0.29) is 11.9 Å². The molecule has 6 heteroatoms. The van der Waals surface area contributed by atoms with E-state index in [2.05, 4.69) is 44.8 Å². The van der Waals surface area contributed by atoms with Crippen molar-refractivity contribution in [2.45, 2.75) is 32.5 Å². The zero-order valence-electron chi connectivity index (χ0n) is 14.1. The van der Waals surface area contributed by atoms with E-state index in [1.165, 1.54) is 11.1 Å². The van der Waals surface area contributed by atoms with Crippen molar-refractivity contribution in [1.82, 2.24) is 20.5 Å². The topological polar surface area (TPSA) is 71.3 Å². The van der Waals surface area contributed by atoms with Gasteiger partial charge in [0, 0.05) is 19.6 Å². The smallest absolute Gasteiger partial charge is 0.237 e. The van der Waals surface area contributed by atoms with Crippen LogP contribution in [0.1, 0.15) is 23.6 Å². The summed E-state index contributed by atoms with van der Waals surface area (Å²) in [7, 11) is 0. The van der Waals surface area contributed by atoms with Crippen LogP contribution < -0.4 is 5.32 Å². The maximum absolute atomic E-state index is 12.5. The molecule has 1 amide bonds. The summed E-state index contributed by atoms with van der Waals surface area (Å²) >= 11 is 0. The fourth-order valence-electron chi connectivity index (χ4n) is 3.29. The number of hydrogen-bond donors (Lipinski definition) is 1. The molecule has 25 heavy (non-hydrogen) atoms. The maximum Gasteiger partial charge on any atom is 0.237 e. The normalized spacial score (nSPS) is 15.7. The zero-order chi connectivity index (χ0) is 17.2. The molecule has 0 fully saturated rings. The predicted octanol–water partition coefficient (Wildman–Crippen LogP) is 2.29. The molecule has 0 radical (unpaired) electrons. The Morgan fingerprint density at radius 3 is 2.88 bits per heavy atom. The van der Waals surface area contributed by atoms with E-state index in [4.69, 9.17) is 4.63 Å². The van der Waals surface area contributed by atoms with Gasteiger partial charge in [-0.15, -0.1) is 0 Å². The van der Waals surface area contributed by atoms with Crippen molar-refractivity contribution in [2.24, 2.45) is 0 Å². The highest BCUT2D eigenvalue weighted by Crippen LogP contribution is 2.20. The van der Waals surface area contributed by atoms with Crippen molar-refractivity contribution in [3.63, 3.8) is 0 Å². The standard InChI is InChI=1S/C19H20N4O2/c1-13(23-9-8-15-4-2-3-5-16(15)12-23)19(24)20-11-14-6-7-17-18(10-14)22-25-21-17/h2-7,10,13H,8-9,11-12H2,1H3,(H,20,24)/t13-/m0/s1. The molecule has 0 saturated carbocycles. The average molecular weight is 336 g/mol. The maximum atomic E-state index is 12.5. The highest BCUT2D eigenvalue weighted by Gasteiger charge is 2.24. The molecular formula is C19H20N4O2. The Kier molecular flexibility index (Phi) is 4.19. The number of carbonyl (C=O) groups is 1. The second-order valence-electron chi connectivity index (χ2n) is 6.47. The van der Waals surface area contributed by atoms with E-state index in [0.29, 0.717) is 12.1 Å². The molecule has 0 unspecified atom stereocenters. The SMILES string of the molecule is C[C@@H](C(=O)NCc1ccc2nonc2c1)N1CCc2ccccc2C1. The van der Waals surface area contributed by atoms with Gasteiger partial charge in [0.05, 0.1) is 6.04 Å². The van der Waals surface area contributed by atoms with Crippen LogP contribution in [0.15, 0.2) is 47.1 Å². The number of amides is 1. The quantitative estimate of drug-likeness (QED) is 0.791. The summed E-state index contributed by atoms with van der Waals surface area (Å²) in [5.41, 5.74) is 5.11. The van der Waals surface area contributed by atoms with Gasteiger partial charge in [-0.2, -0.15) is 0 Å². The fourth-order valence-corrected chi connectivity index (χ4v) is 3.29. The van der Waals surface area contributed by atoms with Gasteiger partial charge in [0.2, 0.25) is 5.91 Å². The first-order chi connectivity index (χ1) is 12.2. The number of fused-ring (bicyclic) bond motifs is 2. The summed E-state index contributed by atoms with van der Waals surface area (Å²) in [6, 6.07) is 13.9. The van der Waals surface area contributed by atoms with Crippen LogP contribution in [0.3, 0.4) is 0 Å². The second kappa shape index (κ2) is 6.64. The molecule has 2 aromatic carbocycles. The van der Waals surface area contributed by atoms with Crippen molar-refractivity contribution >= 4 is 16.9 Å². The lowest BCUT2D eigenvalue weighted by Gasteiger charge is -2.32. The summed E-state index contributed by atoms with van der Waals surface area (Å²) in [5, 5.41) is 10.6. The molecule has 1 aromatic heterocycles. The molecule has 6 nitrogen and oxygen atoms in total. The van der Waals surface area contributed by atoms with Crippen LogP contribution in [0.4, 0.5) is 0 Å². The summed E-state index contributed by atoms with van der Waals surface area (Å²) in [4.78, 5) is 14.8. The van der Waals surface area contributed by atoms with Crippen molar-refractivity contribution in [3.05, 3.63) is 59.2 Å². The van der Waals surface area contributed by atoms with Crippen LogP contribution in [0, 0.1) is 0 Å². The van der Waals surface area contributed by atoms with Crippen molar-refractivity contribution in [2.75, 3.05) is 6.54 Å². The van der Waals surface area contributed by atoms with Crippen LogP contribution in [0.5, 0.6) is 0 Å². The van der Waals surface area contributed by atoms with Gasteiger partial charge in [0.25, 0.3) is 0 Å². The molecule has 128 valence electrons. The first kappa shape index (κ1) is 15.8.